The van der Waals surface area contributed by atoms with Gasteiger partial charge in [-0.1, -0.05) is 0 Å². The zero-order valence-electron chi connectivity index (χ0n) is 22.2. The van der Waals surface area contributed by atoms with Gasteiger partial charge in [0, 0.05) is 95.9 Å². The van der Waals surface area contributed by atoms with Crippen molar-refractivity contribution in [1.82, 2.24) is 0 Å². The third kappa shape index (κ3) is 5.30. The molecule has 0 atom stereocenters. The molecule has 184 valence electrons. The number of anilines is 6. The SMILES string of the molecule is CN(C)c1cc(N(C)C)c(P(=O)(Cl)c2c(N(C)C)cc(N(C)C)cc2N(C)C)c(N(C)C)c1. The minimum absolute atomic E-state index is 0.647. The molecule has 33 heavy (non-hydrogen) atoms. The van der Waals surface area contributed by atoms with Crippen molar-refractivity contribution >= 4 is 62.5 Å². The third-order valence-electron chi connectivity index (χ3n) is 5.64. The highest BCUT2D eigenvalue weighted by Crippen LogP contribution is 2.58. The van der Waals surface area contributed by atoms with Gasteiger partial charge in [0.2, 0.25) is 6.49 Å². The van der Waals surface area contributed by atoms with Crippen LogP contribution in [0.1, 0.15) is 0 Å². The zero-order chi connectivity index (χ0) is 25.4. The molecule has 0 spiro atoms. The highest BCUT2D eigenvalue weighted by Gasteiger charge is 2.38. The largest absolute Gasteiger partial charge is 0.378 e. The summed E-state index contributed by atoms with van der Waals surface area (Å²) in [4.78, 5) is 12.1. The molecule has 9 heteroatoms. The van der Waals surface area contributed by atoms with Crippen molar-refractivity contribution in [2.45, 2.75) is 0 Å². The molecule has 0 bridgehead atoms. The van der Waals surface area contributed by atoms with Crippen LogP contribution < -0.4 is 40.0 Å². The van der Waals surface area contributed by atoms with E-state index in [2.05, 4.69) is 24.3 Å². The van der Waals surface area contributed by atoms with E-state index in [-0.39, 0.29) is 0 Å². The van der Waals surface area contributed by atoms with E-state index in [9.17, 15) is 4.57 Å². The molecule has 0 aliphatic rings. The predicted molar refractivity (Wildman–Crippen MR) is 152 cm³/mol. The van der Waals surface area contributed by atoms with Gasteiger partial charge in [-0.25, -0.2) is 0 Å². The van der Waals surface area contributed by atoms with Crippen molar-refractivity contribution < 1.29 is 4.57 Å². The molecule has 0 aliphatic carbocycles. The second kappa shape index (κ2) is 9.94. The fourth-order valence-corrected chi connectivity index (χ4v) is 7.26. The second-order valence-electron chi connectivity index (χ2n) is 9.56. The number of rotatable bonds is 8. The van der Waals surface area contributed by atoms with Crippen LogP contribution in [-0.2, 0) is 4.57 Å². The molecule has 0 heterocycles. The Labute approximate surface area is 205 Å². The Kier molecular flexibility index (Phi) is 8.14. The average Bonchev–Trinajstić information content (AvgIpc) is 2.71. The van der Waals surface area contributed by atoms with Gasteiger partial charge in [-0.3, -0.25) is 4.57 Å². The second-order valence-corrected chi connectivity index (χ2v) is 13.0. The molecular weight excluding hydrogens is 455 g/mol. The van der Waals surface area contributed by atoms with E-state index in [1.807, 2.05) is 114 Å². The van der Waals surface area contributed by atoms with E-state index in [4.69, 9.17) is 11.2 Å². The van der Waals surface area contributed by atoms with Crippen molar-refractivity contribution in [3.8, 4) is 0 Å². The van der Waals surface area contributed by atoms with E-state index in [0.717, 1.165) is 34.1 Å². The fourth-order valence-electron chi connectivity index (χ4n) is 3.76. The Balaban J connectivity index is 3.08. The minimum atomic E-state index is -3.59. The van der Waals surface area contributed by atoms with Crippen molar-refractivity contribution in [3.63, 3.8) is 0 Å². The smallest absolute Gasteiger partial charge is 0.233 e. The first-order valence-corrected chi connectivity index (χ1v) is 13.4. The molecule has 2 aromatic rings. The zero-order valence-corrected chi connectivity index (χ0v) is 23.9. The van der Waals surface area contributed by atoms with Gasteiger partial charge in [0.1, 0.15) is 0 Å². The lowest BCUT2D eigenvalue weighted by Crippen LogP contribution is -2.32. The summed E-state index contributed by atoms with van der Waals surface area (Å²) in [6, 6.07) is 8.21. The van der Waals surface area contributed by atoms with Gasteiger partial charge < -0.3 is 29.4 Å². The van der Waals surface area contributed by atoms with Crippen LogP contribution in [0.5, 0.6) is 0 Å². The maximum atomic E-state index is 14.9. The van der Waals surface area contributed by atoms with Gasteiger partial charge in [0.05, 0.1) is 33.4 Å². The molecule has 0 aliphatic heterocycles. The van der Waals surface area contributed by atoms with E-state index >= 15 is 0 Å². The predicted octanol–water partition coefficient (Wildman–Crippen LogP) is 3.55. The van der Waals surface area contributed by atoms with E-state index in [1.54, 1.807) is 0 Å². The lowest BCUT2D eigenvalue weighted by atomic mass is 10.2. The molecule has 0 amide bonds. The Hall–Kier alpha value is -2.24. The normalized spacial score (nSPS) is 11.3. The highest BCUT2D eigenvalue weighted by molar-refractivity contribution is 8.01. The highest BCUT2D eigenvalue weighted by atomic mass is 35.7. The molecule has 0 saturated heterocycles. The van der Waals surface area contributed by atoms with E-state index in [0.29, 0.717) is 10.6 Å². The quantitative estimate of drug-likeness (QED) is 0.519. The minimum Gasteiger partial charge on any atom is -0.378 e. The summed E-state index contributed by atoms with van der Waals surface area (Å²) in [5.41, 5.74) is 5.41. The third-order valence-corrected chi connectivity index (χ3v) is 8.73. The first kappa shape index (κ1) is 27.0. The summed E-state index contributed by atoms with van der Waals surface area (Å²) >= 11 is 7.27. The van der Waals surface area contributed by atoms with Gasteiger partial charge in [0.25, 0.3) is 0 Å². The van der Waals surface area contributed by atoms with Crippen LogP contribution >= 0.6 is 17.7 Å². The number of halogens is 1. The Morgan fingerprint density at radius 3 is 0.848 bits per heavy atom. The average molecular weight is 495 g/mol. The fraction of sp³-hybridized carbons (Fsp3) is 0.500. The number of hydrogen-bond acceptors (Lipinski definition) is 7. The van der Waals surface area contributed by atoms with Crippen LogP contribution in [0.3, 0.4) is 0 Å². The Morgan fingerprint density at radius 1 is 0.485 bits per heavy atom. The van der Waals surface area contributed by atoms with E-state index < -0.39 is 6.49 Å². The number of hydrogen-bond donors (Lipinski definition) is 0. The Morgan fingerprint density at radius 2 is 0.697 bits per heavy atom. The number of benzene rings is 2. The maximum Gasteiger partial charge on any atom is 0.233 e. The molecular formula is C24H40ClN6OP. The van der Waals surface area contributed by atoms with Crippen LogP contribution in [0.15, 0.2) is 24.3 Å². The van der Waals surface area contributed by atoms with Crippen molar-refractivity contribution in [2.24, 2.45) is 0 Å². The van der Waals surface area contributed by atoms with Crippen LogP contribution in [-0.4, -0.2) is 84.6 Å². The molecule has 0 radical (unpaired) electrons. The van der Waals surface area contributed by atoms with Crippen molar-refractivity contribution in [2.75, 3.05) is 114 Å². The monoisotopic (exact) mass is 494 g/mol. The standard InChI is InChI=1S/C24H40ClN6OP/c1-26(2)17-13-19(28(5)6)23(20(14-17)29(7)8)33(25,32)24-21(30(9)10)15-18(27(3)4)16-22(24)31(11)12/h13-16H,1-12H3. The molecule has 0 aromatic heterocycles. The first-order chi connectivity index (χ1) is 15.1. The van der Waals surface area contributed by atoms with E-state index in [1.165, 1.54) is 0 Å². The molecule has 0 unspecified atom stereocenters. The summed E-state index contributed by atoms with van der Waals surface area (Å²) in [5.74, 6) is 0. The lowest BCUT2D eigenvalue weighted by molar-refractivity contribution is 0.595. The molecule has 2 rings (SSSR count). The molecule has 7 nitrogen and oxygen atoms in total. The van der Waals surface area contributed by atoms with Crippen molar-refractivity contribution in [1.29, 1.82) is 0 Å². The Bertz CT molecular complexity index is 912. The van der Waals surface area contributed by atoms with Gasteiger partial charge in [-0.2, -0.15) is 0 Å². The maximum absolute atomic E-state index is 14.9. The lowest BCUT2D eigenvalue weighted by Gasteiger charge is -2.33. The van der Waals surface area contributed by atoms with Crippen LogP contribution in [0, 0.1) is 0 Å². The summed E-state index contributed by atoms with van der Waals surface area (Å²) in [6.45, 7) is -3.59. The molecule has 0 N–H and O–H groups in total. The van der Waals surface area contributed by atoms with Gasteiger partial charge in [0.15, 0.2) is 0 Å². The summed E-state index contributed by atoms with van der Waals surface area (Å²) in [7, 11) is 23.7. The molecule has 2 aromatic carbocycles. The molecule has 0 fully saturated rings. The summed E-state index contributed by atoms with van der Waals surface area (Å²) in [5, 5.41) is 1.29. The van der Waals surface area contributed by atoms with Gasteiger partial charge in [-0.15, -0.1) is 0 Å². The topological polar surface area (TPSA) is 36.5 Å². The van der Waals surface area contributed by atoms with Gasteiger partial charge >= 0.3 is 0 Å². The molecule has 0 saturated carbocycles. The summed E-state index contributed by atoms with van der Waals surface area (Å²) < 4.78 is 14.9. The van der Waals surface area contributed by atoms with Crippen LogP contribution in [0.25, 0.3) is 0 Å². The number of nitrogens with zero attached hydrogens (tertiary/aromatic N) is 6. The van der Waals surface area contributed by atoms with Crippen LogP contribution in [0.4, 0.5) is 34.1 Å². The first-order valence-electron chi connectivity index (χ1n) is 10.8. The van der Waals surface area contributed by atoms with Crippen molar-refractivity contribution in [3.05, 3.63) is 24.3 Å². The van der Waals surface area contributed by atoms with Crippen LogP contribution in [0.2, 0.25) is 0 Å². The summed E-state index contributed by atoms with van der Waals surface area (Å²) in [6.07, 6.45) is 0. The van der Waals surface area contributed by atoms with Gasteiger partial charge in [-0.05, 0) is 35.5 Å².